The SMILES string of the molecule is COc1cc2sc(C(=O)CCC(=O)O[C@@H](C)CN3C(=O)C=CC3=O)cc2c(F)c1OCCC(O)c1c(OC)cc2c(c1F)CN(C(=O)CCC(=O)OC(C)(C)C)C2. The second kappa shape index (κ2) is 17.8. The highest BCUT2D eigenvalue weighted by molar-refractivity contribution is 7.20. The number of fused-ring (bicyclic) bond motifs is 2. The second-order valence-corrected chi connectivity index (χ2v) is 15.6. The summed E-state index contributed by atoms with van der Waals surface area (Å²) in [4.78, 5) is 76.4. The first-order valence-electron chi connectivity index (χ1n) is 18.2. The van der Waals surface area contributed by atoms with E-state index in [4.69, 9.17) is 23.7 Å². The lowest BCUT2D eigenvalue weighted by molar-refractivity contribution is -0.156. The van der Waals surface area contributed by atoms with Gasteiger partial charge >= 0.3 is 11.9 Å². The van der Waals surface area contributed by atoms with E-state index in [1.807, 2.05) is 0 Å². The van der Waals surface area contributed by atoms with Crippen LogP contribution in [0.4, 0.5) is 8.78 Å². The Morgan fingerprint density at radius 2 is 1.56 bits per heavy atom. The molecule has 2 aliphatic heterocycles. The Morgan fingerprint density at radius 1 is 0.895 bits per heavy atom. The number of hydrogen-bond acceptors (Lipinski definition) is 13. The first-order chi connectivity index (χ1) is 26.9. The zero-order valence-corrected chi connectivity index (χ0v) is 33.2. The van der Waals surface area contributed by atoms with Gasteiger partial charge in [-0.3, -0.25) is 33.7 Å². The molecule has 0 aliphatic carbocycles. The second-order valence-electron chi connectivity index (χ2n) is 14.5. The van der Waals surface area contributed by atoms with Gasteiger partial charge in [-0.2, -0.15) is 0 Å². The first kappa shape index (κ1) is 42.7. The van der Waals surface area contributed by atoms with E-state index >= 15 is 8.78 Å². The highest BCUT2D eigenvalue weighted by Crippen LogP contribution is 2.42. The fourth-order valence-electron chi connectivity index (χ4n) is 6.38. The topological polar surface area (TPSA) is 175 Å². The van der Waals surface area contributed by atoms with Crippen molar-refractivity contribution in [1.82, 2.24) is 9.80 Å². The number of ether oxygens (including phenoxy) is 5. The van der Waals surface area contributed by atoms with Gasteiger partial charge in [-0.1, -0.05) is 0 Å². The minimum Gasteiger partial charge on any atom is -0.496 e. The average molecular weight is 815 g/mol. The molecule has 0 fully saturated rings. The molecular formula is C40H44F2N2O12S. The summed E-state index contributed by atoms with van der Waals surface area (Å²) in [7, 11) is 2.62. The van der Waals surface area contributed by atoms with Crippen LogP contribution in [0.2, 0.25) is 0 Å². The number of hydrogen-bond donors (Lipinski definition) is 1. The molecule has 3 aromatic rings. The van der Waals surface area contributed by atoms with Gasteiger partial charge in [0.25, 0.3) is 11.8 Å². The van der Waals surface area contributed by atoms with Gasteiger partial charge in [0, 0.05) is 66.2 Å². The van der Waals surface area contributed by atoms with Crippen molar-refractivity contribution in [2.45, 2.75) is 90.7 Å². The smallest absolute Gasteiger partial charge is 0.306 e. The van der Waals surface area contributed by atoms with Crippen molar-refractivity contribution in [2.75, 3.05) is 27.4 Å². The number of aliphatic hydroxyl groups is 1. The lowest BCUT2D eigenvalue weighted by Crippen LogP contribution is -2.37. The Morgan fingerprint density at radius 3 is 2.21 bits per heavy atom. The van der Waals surface area contributed by atoms with Crippen LogP contribution in [0.25, 0.3) is 10.1 Å². The van der Waals surface area contributed by atoms with Gasteiger partial charge in [-0.25, -0.2) is 8.78 Å². The quantitative estimate of drug-likeness (QED) is 0.103. The Bertz CT molecular complexity index is 2110. The van der Waals surface area contributed by atoms with Gasteiger partial charge < -0.3 is 33.7 Å². The van der Waals surface area contributed by atoms with E-state index in [0.29, 0.717) is 10.3 Å². The van der Waals surface area contributed by atoms with Crippen molar-refractivity contribution in [3.63, 3.8) is 0 Å². The lowest BCUT2D eigenvalue weighted by Gasteiger charge is -2.20. The molecule has 2 atom stereocenters. The van der Waals surface area contributed by atoms with Gasteiger partial charge in [-0.15, -0.1) is 11.3 Å². The standard InChI is InChI=1S/C40H44F2N2O12S/c1-21(18-44-32(48)8-9-33(44)49)55-34(50)11-7-25(45)30-16-23-29(57-30)17-28(53-6)39(38(23)42)54-14-13-26(46)36-27(52-5)15-22-19-43(20-24(22)37(36)41)31(47)10-12-35(51)56-40(2,3)4/h8-9,15-17,21,26,46H,7,10-14,18-20H2,1-6H3/t21-,26?/m0/s1. The monoisotopic (exact) mass is 814 g/mol. The molecule has 2 aromatic carbocycles. The molecule has 306 valence electrons. The van der Waals surface area contributed by atoms with Crippen LogP contribution in [0.3, 0.4) is 0 Å². The summed E-state index contributed by atoms with van der Waals surface area (Å²) < 4.78 is 59.2. The maximum atomic E-state index is 16.0. The van der Waals surface area contributed by atoms with E-state index in [1.165, 1.54) is 38.2 Å². The molecular weight excluding hydrogens is 771 g/mol. The maximum absolute atomic E-state index is 16.0. The van der Waals surface area contributed by atoms with Crippen LogP contribution in [-0.4, -0.2) is 89.4 Å². The van der Waals surface area contributed by atoms with Crippen LogP contribution in [0, 0.1) is 11.6 Å². The fraction of sp³-hybridized carbons (Fsp3) is 0.450. The average Bonchev–Trinajstić information content (AvgIpc) is 3.87. The molecule has 1 aromatic heterocycles. The van der Waals surface area contributed by atoms with Crippen LogP contribution in [0.1, 0.15) is 92.3 Å². The van der Waals surface area contributed by atoms with Crippen LogP contribution in [0.5, 0.6) is 17.2 Å². The van der Waals surface area contributed by atoms with E-state index < -0.39 is 59.0 Å². The predicted molar refractivity (Wildman–Crippen MR) is 201 cm³/mol. The molecule has 3 heterocycles. The van der Waals surface area contributed by atoms with Crippen molar-refractivity contribution >= 4 is 56.9 Å². The van der Waals surface area contributed by atoms with E-state index in [0.717, 1.165) is 28.4 Å². The number of benzene rings is 2. The summed E-state index contributed by atoms with van der Waals surface area (Å²) in [5.41, 5.74) is -0.149. The summed E-state index contributed by atoms with van der Waals surface area (Å²) in [6.45, 7) is 6.28. The lowest BCUT2D eigenvalue weighted by atomic mass is 9.98. The van der Waals surface area contributed by atoms with E-state index in [-0.39, 0.29) is 103 Å². The van der Waals surface area contributed by atoms with Crippen molar-refractivity contribution < 1.29 is 66.3 Å². The number of Topliss-reactive ketones (excluding diaryl/α,β-unsaturated/α-hetero) is 1. The zero-order valence-electron chi connectivity index (χ0n) is 32.4. The third kappa shape index (κ3) is 10.1. The number of halogens is 2. The summed E-state index contributed by atoms with van der Waals surface area (Å²) in [6.07, 6.45) is -0.992. The van der Waals surface area contributed by atoms with Gasteiger partial charge in [0.1, 0.15) is 23.3 Å². The number of carbonyl (C=O) groups is 6. The molecule has 5 rings (SSSR count). The number of carbonyl (C=O) groups excluding carboxylic acids is 6. The van der Waals surface area contributed by atoms with Gasteiger partial charge in [0.15, 0.2) is 23.1 Å². The molecule has 57 heavy (non-hydrogen) atoms. The number of imide groups is 1. The minimum absolute atomic E-state index is 0.00999. The van der Waals surface area contributed by atoms with E-state index in [2.05, 4.69) is 0 Å². The van der Waals surface area contributed by atoms with Crippen molar-refractivity contribution in [3.8, 4) is 17.2 Å². The number of methoxy groups -OCH3 is 2. The predicted octanol–water partition coefficient (Wildman–Crippen LogP) is 5.48. The Kier molecular flexibility index (Phi) is 13.3. The van der Waals surface area contributed by atoms with Crippen LogP contribution in [-0.2, 0) is 46.5 Å². The number of ketones is 1. The number of amides is 3. The molecule has 1 N–H and O–H groups in total. The third-order valence-corrected chi connectivity index (χ3v) is 10.2. The van der Waals surface area contributed by atoms with Crippen LogP contribution < -0.4 is 14.2 Å². The largest absolute Gasteiger partial charge is 0.496 e. The highest BCUT2D eigenvalue weighted by Gasteiger charge is 2.32. The number of thiophene rings is 1. The van der Waals surface area contributed by atoms with Crippen LogP contribution >= 0.6 is 11.3 Å². The minimum atomic E-state index is -1.46. The van der Waals surface area contributed by atoms with Gasteiger partial charge in [-0.05, 0) is 45.4 Å². The molecule has 0 bridgehead atoms. The summed E-state index contributed by atoms with van der Waals surface area (Å²) in [6, 6.07) is 4.37. The van der Waals surface area contributed by atoms with Gasteiger partial charge in [0.05, 0.1) is 56.8 Å². The number of aliphatic hydroxyl groups excluding tert-OH is 1. The molecule has 3 amide bonds. The molecule has 2 aliphatic rings. The van der Waals surface area contributed by atoms with Crippen molar-refractivity contribution in [3.05, 3.63) is 63.6 Å². The number of rotatable bonds is 17. The Labute approximate surface area is 331 Å². The Balaban J connectivity index is 1.19. The summed E-state index contributed by atoms with van der Waals surface area (Å²) in [5.74, 6) is -4.88. The van der Waals surface area contributed by atoms with Crippen LogP contribution in [0.15, 0.2) is 30.4 Å². The third-order valence-electron chi connectivity index (χ3n) is 9.08. The van der Waals surface area contributed by atoms with E-state index in [1.54, 1.807) is 26.8 Å². The maximum Gasteiger partial charge on any atom is 0.306 e. The molecule has 14 nitrogen and oxygen atoms in total. The molecule has 1 unspecified atom stereocenters. The van der Waals surface area contributed by atoms with E-state index in [9.17, 15) is 33.9 Å². The summed E-state index contributed by atoms with van der Waals surface area (Å²) >= 11 is 0.988. The molecule has 0 saturated carbocycles. The first-order valence-corrected chi connectivity index (χ1v) is 19.0. The zero-order chi connectivity index (χ0) is 41.8. The van der Waals surface area contributed by atoms with Gasteiger partial charge in [0.2, 0.25) is 5.91 Å². The number of esters is 2. The Hall–Kier alpha value is -5.42. The molecule has 0 spiro atoms. The molecule has 17 heteroatoms. The molecule has 0 saturated heterocycles. The number of nitrogens with zero attached hydrogens (tertiary/aromatic N) is 2. The fourth-order valence-corrected chi connectivity index (χ4v) is 7.44. The normalized spacial score (nSPS) is 14.8. The summed E-state index contributed by atoms with van der Waals surface area (Å²) in [5, 5.41) is 11.2. The van der Waals surface area contributed by atoms with Crippen molar-refractivity contribution in [1.29, 1.82) is 0 Å². The van der Waals surface area contributed by atoms with Crippen molar-refractivity contribution in [2.24, 2.45) is 0 Å². The molecule has 0 radical (unpaired) electrons. The highest BCUT2D eigenvalue weighted by atomic mass is 32.1.